The van der Waals surface area contributed by atoms with Crippen LogP contribution in [0, 0.1) is 5.82 Å². The predicted molar refractivity (Wildman–Crippen MR) is 73.4 cm³/mol. The summed E-state index contributed by atoms with van der Waals surface area (Å²) >= 11 is 1.70. The molecule has 0 unspecified atom stereocenters. The zero-order chi connectivity index (χ0) is 13.5. The fraction of sp³-hybridized carbons (Fsp3) is 0.500. The van der Waals surface area contributed by atoms with Crippen LogP contribution in [-0.2, 0) is 0 Å². The van der Waals surface area contributed by atoms with Crippen LogP contribution >= 0.6 is 11.8 Å². The molecular weight excluding hydrogens is 253 g/mol. The molecule has 0 fully saturated rings. The molecule has 0 spiro atoms. The van der Waals surface area contributed by atoms with Crippen molar-refractivity contribution in [3.05, 3.63) is 24.1 Å². The van der Waals surface area contributed by atoms with E-state index in [1.54, 1.807) is 23.7 Å². The first kappa shape index (κ1) is 14.8. The first-order valence-electron chi connectivity index (χ1n) is 5.72. The molecule has 100 valence electrons. The number of hydrogen-bond donors (Lipinski definition) is 1. The lowest BCUT2D eigenvalue weighted by atomic mass is 10.2. The van der Waals surface area contributed by atoms with Crippen molar-refractivity contribution in [2.24, 2.45) is 0 Å². The average Bonchev–Trinajstić information content (AvgIpc) is 2.37. The number of halogens is 1. The zero-order valence-electron chi connectivity index (χ0n) is 10.8. The molecule has 0 aromatic carbocycles. The van der Waals surface area contributed by atoms with E-state index in [2.05, 4.69) is 10.3 Å². The second-order valence-electron chi connectivity index (χ2n) is 3.92. The van der Waals surface area contributed by atoms with E-state index in [-0.39, 0.29) is 12.1 Å². The third-order valence-electron chi connectivity index (χ3n) is 2.66. The highest BCUT2D eigenvalue weighted by molar-refractivity contribution is 7.98. The van der Waals surface area contributed by atoms with Gasteiger partial charge in [-0.15, -0.1) is 0 Å². The molecule has 0 aliphatic heterocycles. The fourth-order valence-corrected chi connectivity index (χ4v) is 2.35. The van der Waals surface area contributed by atoms with E-state index >= 15 is 0 Å². The second-order valence-corrected chi connectivity index (χ2v) is 4.83. The van der Waals surface area contributed by atoms with Gasteiger partial charge in [-0.3, -0.25) is 5.32 Å². The quantitative estimate of drug-likeness (QED) is 0.895. The topological polar surface area (TPSA) is 45.2 Å². The number of rotatable bonds is 5. The molecule has 0 saturated heterocycles. The maximum absolute atomic E-state index is 12.7. The molecular formula is C12H18FN3OS. The minimum Gasteiger partial charge on any atom is -0.324 e. The second kappa shape index (κ2) is 7.20. The van der Waals surface area contributed by atoms with Gasteiger partial charge in [-0.2, -0.15) is 11.8 Å². The van der Waals surface area contributed by atoms with Crippen molar-refractivity contribution in [2.45, 2.75) is 19.4 Å². The third-order valence-corrected chi connectivity index (χ3v) is 3.38. The summed E-state index contributed by atoms with van der Waals surface area (Å²) in [5.41, 5.74) is 0. The van der Waals surface area contributed by atoms with E-state index in [0.717, 1.165) is 18.4 Å². The SMILES string of the molecule is CC[C@@H](CSC)N(C)C(=O)Nc1ccc(F)cn1. The highest BCUT2D eigenvalue weighted by Gasteiger charge is 2.18. The lowest BCUT2D eigenvalue weighted by Crippen LogP contribution is -2.41. The molecule has 1 N–H and O–H groups in total. The van der Waals surface area contributed by atoms with Gasteiger partial charge in [0.2, 0.25) is 0 Å². The monoisotopic (exact) mass is 271 g/mol. The number of carbonyl (C=O) groups is 1. The maximum atomic E-state index is 12.7. The Morgan fingerprint density at radius 2 is 2.33 bits per heavy atom. The Morgan fingerprint density at radius 3 is 2.83 bits per heavy atom. The number of amides is 2. The molecule has 0 radical (unpaired) electrons. The normalized spacial score (nSPS) is 12.0. The third kappa shape index (κ3) is 4.18. The smallest absolute Gasteiger partial charge is 0.323 e. The molecule has 0 bridgehead atoms. The van der Waals surface area contributed by atoms with Gasteiger partial charge in [0.15, 0.2) is 0 Å². The predicted octanol–water partition coefficient (Wildman–Crippen LogP) is 2.83. The van der Waals surface area contributed by atoms with Gasteiger partial charge in [-0.25, -0.2) is 14.2 Å². The van der Waals surface area contributed by atoms with Crippen molar-refractivity contribution in [3.8, 4) is 0 Å². The Kier molecular flexibility index (Phi) is 5.91. The molecule has 1 rings (SSSR count). The molecule has 1 heterocycles. The first-order valence-corrected chi connectivity index (χ1v) is 7.12. The van der Waals surface area contributed by atoms with E-state index in [1.165, 1.54) is 12.1 Å². The summed E-state index contributed by atoms with van der Waals surface area (Å²) < 4.78 is 12.7. The number of nitrogens with zero attached hydrogens (tertiary/aromatic N) is 2. The summed E-state index contributed by atoms with van der Waals surface area (Å²) in [5, 5.41) is 2.64. The van der Waals surface area contributed by atoms with Crippen LogP contribution in [0.5, 0.6) is 0 Å². The van der Waals surface area contributed by atoms with E-state index in [9.17, 15) is 9.18 Å². The van der Waals surface area contributed by atoms with Crippen molar-refractivity contribution >= 4 is 23.6 Å². The molecule has 1 atom stereocenters. The Labute approximate surface area is 111 Å². The minimum absolute atomic E-state index is 0.181. The molecule has 1 aromatic rings. The molecule has 0 aliphatic rings. The lowest BCUT2D eigenvalue weighted by molar-refractivity contribution is 0.207. The lowest BCUT2D eigenvalue weighted by Gasteiger charge is -2.26. The van der Waals surface area contributed by atoms with E-state index in [4.69, 9.17) is 0 Å². The van der Waals surface area contributed by atoms with Gasteiger partial charge in [0.05, 0.1) is 6.20 Å². The van der Waals surface area contributed by atoms with Crippen LogP contribution in [0.3, 0.4) is 0 Å². The van der Waals surface area contributed by atoms with Crippen molar-refractivity contribution in [3.63, 3.8) is 0 Å². The van der Waals surface area contributed by atoms with Crippen LogP contribution in [0.15, 0.2) is 18.3 Å². The Hall–Kier alpha value is -1.30. The van der Waals surface area contributed by atoms with Crippen molar-refractivity contribution in [1.82, 2.24) is 9.88 Å². The molecule has 18 heavy (non-hydrogen) atoms. The van der Waals surface area contributed by atoms with Gasteiger partial charge in [0.25, 0.3) is 0 Å². The van der Waals surface area contributed by atoms with Crippen molar-refractivity contribution < 1.29 is 9.18 Å². The van der Waals surface area contributed by atoms with E-state index in [1.807, 2.05) is 13.2 Å². The molecule has 0 saturated carbocycles. The minimum atomic E-state index is -0.421. The van der Waals surface area contributed by atoms with Crippen LogP contribution in [-0.4, -0.2) is 41.0 Å². The fourth-order valence-electron chi connectivity index (χ4n) is 1.51. The Balaban J connectivity index is 2.61. The van der Waals surface area contributed by atoms with Gasteiger partial charge >= 0.3 is 6.03 Å². The Bertz CT molecular complexity index is 385. The number of carbonyl (C=O) groups excluding carboxylic acids is 1. The summed E-state index contributed by atoms with van der Waals surface area (Å²) in [6.45, 7) is 2.04. The van der Waals surface area contributed by atoms with Crippen LogP contribution < -0.4 is 5.32 Å². The van der Waals surface area contributed by atoms with Crippen LogP contribution in [0.1, 0.15) is 13.3 Å². The molecule has 1 aromatic heterocycles. The number of nitrogens with one attached hydrogen (secondary N) is 1. The number of anilines is 1. The van der Waals surface area contributed by atoms with Gasteiger partial charge in [-0.1, -0.05) is 6.92 Å². The highest BCUT2D eigenvalue weighted by Crippen LogP contribution is 2.11. The summed E-state index contributed by atoms with van der Waals surface area (Å²) in [7, 11) is 1.75. The Morgan fingerprint density at radius 1 is 1.61 bits per heavy atom. The van der Waals surface area contributed by atoms with Crippen LogP contribution in [0.2, 0.25) is 0 Å². The summed E-state index contributed by atoms with van der Waals surface area (Å²) in [4.78, 5) is 17.4. The summed E-state index contributed by atoms with van der Waals surface area (Å²) in [6.07, 6.45) is 3.98. The first-order chi connectivity index (χ1) is 8.58. The van der Waals surface area contributed by atoms with Crippen molar-refractivity contribution in [1.29, 1.82) is 0 Å². The van der Waals surface area contributed by atoms with Crippen molar-refractivity contribution in [2.75, 3.05) is 24.4 Å². The van der Waals surface area contributed by atoms with Gasteiger partial charge in [0, 0.05) is 18.8 Å². The standard InChI is InChI=1S/C12H18FN3OS/c1-4-10(8-18-3)16(2)12(17)15-11-6-5-9(13)7-14-11/h5-7,10H,4,8H2,1-3H3,(H,14,15,17)/t10-/m0/s1. The maximum Gasteiger partial charge on any atom is 0.323 e. The number of aromatic nitrogens is 1. The zero-order valence-corrected chi connectivity index (χ0v) is 11.6. The van der Waals surface area contributed by atoms with Crippen LogP contribution in [0.25, 0.3) is 0 Å². The molecule has 0 aliphatic carbocycles. The molecule has 4 nitrogen and oxygen atoms in total. The largest absolute Gasteiger partial charge is 0.324 e. The molecule has 6 heteroatoms. The number of hydrogen-bond acceptors (Lipinski definition) is 3. The number of pyridine rings is 1. The highest BCUT2D eigenvalue weighted by atomic mass is 32.2. The molecule has 2 amide bonds. The summed E-state index contributed by atoms with van der Waals surface area (Å²) in [5.74, 6) is 0.819. The van der Waals surface area contributed by atoms with Crippen LogP contribution in [0.4, 0.5) is 15.0 Å². The summed E-state index contributed by atoms with van der Waals surface area (Å²) in [6, 6.07) is 2.66. The van der Waals surface area contributed by atoms with Gasteiger partial charge in [-0.05, 0) is 24.8 Å². The average molecular weight is 271 g/mol. The van der Waals surface area contributed by atoms with Gasteiger partial charge < -0.3 is 4.90 Å². The van der Waals surface area contributed by atoms with E-state index in [0.29, 0.717) is 5.82 Å². The number of thioether (sulfide) groups is 1. The number of urea groups is 1. The van der Waals surface area contributed by atoms with E-state index < -0.39 is 5.82 Å². The van der Waals surface area contributed by atoms with Gasteiger partial charge in [0.1, 0.15) is 11.6 Å².